The fourth-order valence-electron chi connectivity index (χ4n) is 2.95. The molecule has 0 aliphatic heterocycles. The van der Waals surface area contributed by atoms with Gasteiger partial charge in [0.05, 0.1) is 17.3 Å². The van der Waals surface area contributed by atoms with Gasteiger partial charge in [-0.2, -0.15) is 5.26 Å². The van der Waals surface area contributed by atoms with Gasteiger partial charge < -0.3 is 5.32 Å². The van der Waals surface area contributed by atoms with Crippen LogP contribution in [0, 0.1) is 11.3 Å². The van der Waals surface area contributed by atoms with E-state index < -0.39 is 0 Å². The van der Waals surface area contributed by atoms with E-state index in [1.165, 1.54) is 27.1 Å². The van der Waals surface area contributed by atoms with Gasteiger partial charge in [0.2, 0.25) is 5.91 Å². The molecule has 0 unspecified atom stereocenters. The first-order valence-corrected chi connectivity index (χ1v) is 9.14. The lowest BCUT2D eigenvalue weighted by molar-refractivity contribution is -0.116. The molecule has 3 aromatic heterocycles. The Bertz CT molecular complexity index is 1050. The summed E-state index contributed by atoms with van der Waals surface area (Å²) >= 11 is 2.86. The highest BCUT2D eigenvalue weighted by Gasteiger charge is 2.21. The van der Waals surface area contributed by atoms with Crippen LogP contribution in [0.1, 0.15) is 22.4 Å². The van der Waals surface area contributed by atoms with Crippen LogP contribution < -0.4 is 10.9 Å². The van der Waals surface area contributed by atoms with Gasteiger partial charge >= 0.3 is 0 Å². The van der Waals surface area contributed by atoms with Gasteiger partial charge in [-0.3, -0.25) is 14.2 Å². The number of hydrogen-bond donors (Lipinski definition) is 1. The van der Waals surface area contributed by atoms with Crippen molar-refractivity contribution in [1.29, 1.82) is 5.26 Å². The zero-order chi connectivity index (χ0) is 16.7. The van der Waals surface area contributed by atoms with E-state index in [1.54, 1.807) is 22.8 Å². The number of aryl methyl sites for hydroxylation is 2. The summed E-state index contributed by atoms with van der Waals surface area (Å²) < 4.78 is 1.34. The normalized spacial score (nSPS) is 13.0. The molecule has 24 heavy (non-hydrogen) atoms. The largest absolute Gasteiger partial charge is 0.315 e. The first kappa shape index (κ1) is 15.1. The van der Waals surface area contributed by atoms with Crippen LogP contribution in [-0.2, 0) is 24.2 Å². The molecule has 3 heterocycles. The molecule has 0 fully saturated rings. The Morgan fingerprint density at radius 3 is 3.17 bits per heavy atom. The summed E-state index contributed by atoms with van der Waals surface area (Å²) in [7, 11) is 0. The number of hydrogen-bond acceptors (Lipinski definition) is 6. The van der Waals surface area contributed by atoms with Gasteiger partial charge in [0.1, 0.15) is 22.4 Å². The van der Waals surface area contributed by atoms with Crippen LogP contribution in [0.5, 0.6) is 0 Å². The highest BCUT2D eigenvalue weighted by atomic mass is 32.1. The van der Waals surface area contributed by atoms with Crippen LogP contribution >= 0.6 is 22.7 Å². The minimum atomic E-state index is -0.343. The van der Waals surface area contributed by atoms with Crippen molar-refractivity contribution in [3.8, 4) is 6.07 Å². The predicted molar refractivity (Wildman–Crippen MR) is 93.6 cm³/mol. The monoisotopic (exact) mass is 356 g/mol. The number of nitriles is 1. The maximum Gasteiger partial charge on any atom is 0.262 e. The lowest BCUT2D eigenvalue weighted by Crippen LogP contribution is -2.27. The van der Waals surface area contributed by atoms with Crippen molar-refractivity contribution in [1.82, 2.24) is 9.55 Å². The summed E-state index contributed by atoms with van der Waals surface area (Å²) in [6.07, 6.45) is 4.41. The smallest absolute Gasteiger partial charge is 0.262 e. The summed E-state index contributed by atoms with van der Waals surface area (Å²) in [5.74, 6) is -0.343. The van der Waals surface area contributed by atoms with Crippen LogP contribution in [-0.4, -0.2) is 15.5 Å². The van der Waals surface area contributed by atoms with Crippen molar-refractivity contribution in [2.24, 2.45) is 0 Å². The number of carbonyl (C=O) groups excluding carboxylic acids is 1. The number of nitrogens with one attached hydrogen (secondary N) is 1. The van der Waals surface area contributed by atoms with Gasteiger partial charge in [0, 0.05) is 4.88 Å². The molecular formula is C16H12N4O2S2. The van der Waals surface area contributed by atoms with Crippen molar-refractivity contribution >= 4 is 43.8 Å². The molecule has 0 spiro atoms. The maximum absolute atomic E-state index is 12.7. The Kier molecular flexibility index (Phi) is 3.67. The molecule has 0 saturated carbocycles. The zero-order valence-electron chi connectivity index (χ0n) is 12.5. The highest BCUT2D eigenvalue weighted by molar-refractivity contribution is 7.18. The van der Waals surface area contributed by atoms with Crippen LogP contribution in [0.25, 0.3) is 10.2 Å². The summed E-state index contributed by atoms with van der Waals surface area (Å²) in [6, 6.07) is 3.67. The van der Waals surface area contributed by atoms with E-state index in [1.807, 2.05) is 6.07 Å². The average molecular weight is 356 g/mol. The molecule has 1 aliphatic rings. The topological polar surface area (TPSA) is 87.8 Å². The van der Waals surface area contributed by atoms with Crippen LogP contribution in [0.4, 0.5) is 5.00 Å². The van der Waals surface area contributed by atoms with E-state index in [4.69, 9.17) is 5.26 Å². The molecule has 0 saturated heterocycles. The summed E-state index contributed by atoms with van der Waals surface area (Å²) in [4.78, 5) is 31.3. The Hall–Kier alpha value is -2.50. The molecule has 8 heteroatoms. The first-order valence-electron chi connectivity index (χ1n) is 7.44. The minimum absolute atomic E-state index is 0.116. The third kappa shape index (κ3) is 2.42. The number of aromatic nitrogens is 2. The molecule has 3 aromatic rings. The Morgan fingerprint density at radius 1 is 1.46 bits per heavy atom. The van der Waals surface area contributed by atoms with E-state index in [0.29, 0.717) is 16.0 Å². The fourth-order valence-corrected chi connectivity index (χ4v) is 4.92. The fraction of sp³-hybridized carbons (Fsp3) is 0.250. The molecule has 120 valence electrons. The number of rotatable bonds is 3. The van der Waals surface area contributed by atoms with Gasteiger partial charge in [-0.05, 0) is 36.3 Å². The predicted octanol–water partition coefficient (Wildman–Crippen LogP) is 2.52. The number of amides is 1. The van der Waals surface area contributed by atoms with E-state index >= 15 is 0 Å². The van der Waals surface area contributed by atoms with E-state index in [-0.39, 0.29) is 18.0 Å². The second-order valence-corrected chi connectivity index (χ2v) is 7.54. The molecule has 1 N–H and O–H groups in total. The van der Waals surface area contributed by atoms with Crippen molar-refractivity contribution in [2.75, 3.05) is 5.32 Å². The van der Waals surface area contributed by atoms with Gasteiger partial charge in [-0.15, -0.1) is 22.7 Å². The van der Waals surface area contributed by atoms with Gasteiger partial charge in [0.25, 0.3) is 5.56 Å². The molecule has 1 amide bonds. The molecule has 4 rings (SSSR count). The van der Waals surface area contributed by atoms with Gasteiger partial charge in [0.15, 0.2) is 0 Å². The van der Waals surface area contributed by atoms with E-state index in [9.17, 15) is 9.59 Å². The third-order valence-corrected chi connectivity index (χ3v) is 6.07. The summed E-state index contributed by atoms with van der Waals surface area (Å²) in [6.45, 7) is -0.116. The van der Waals surface area contributed by atoms with E-state index in [0.717, 1.165) is 29.7 Å². The van der Waals surface area contributed by atoms with Crippen molar-refractivity contribution in [3.05, 3.63) is 44.1 Å². The lowest BCUT2D eigenvalue weighted by Gasteiger charge is -2.06. The summed E-state index contributed by atoms with van der Waals surface area (Å²) in [5, 5.41) is 14.6. The number of carbonyl (C=O) groups is 1. The van der Waals surface area contributed by atoms with E-state index in [2.05, 4.69) is 10.3 Å². The number of nitrogens with zero attached hydrogens (tertiary/aromatic N) is 3. The Labute approximate surface area is 145 Å². The second kappa shape index (κ2) is 5.85. The summed E-state index contributed by atoms with van der Waals surface area (Å²) in [5.41, 5.74) is 1.36. The molecule has 0 radical (unpaired) electrons. The molecule has 0 aromatic carbocycles. The van der Waals surface area contributed by atoms with Gasteiger partial charge in [-0.25, -0.2) is 4.98 Å². The quantitative estimate of drug-likeness (QED) is 0.781. The van der Waals surface area contributed by atoms with Crippen LogP contribution in [0.15, 0.2) is 22.6 Å². The third-order valence-electron chi connectivity index (χ3n) is 4.04. The number of thiophene rings is 2. The van der Waals surface area contributed by atoms with Gasteiger partial charge in [-0.1, -0.05) is 0 Å². The molecule has 0 atom stereocenters. The molecule has 1 aliphatic carbocycles. The van der Waals surface area contributed by atoms with Crippen molar-refractivity contribution < 1.29 is 4.79 Å². The molecular weight excluding hydrogens is 344 g/mol. The van der Waals surface area contributed by atoms with Crippen molar-refractivity contribution in [3.63, 3.8) is 0 Å². The number of fused-ring (bicyclic) bond motifs is 3. The Morgan fingerprint density at radius 2 is 2.33 bits per heavy atom. The standard InChI is InChI=1S/C16H12N4O2S2/c17-6-9-4-5-23-14(9)19-12(21)7-20-8-18-15-13(16(20)22)10-2-1-3-11(10)24-15/h4-5,8H,1-3,7H2,(H,19,21). The van der Waals surface area contributed by atoms with Crippen LogP contribution in [0.3, 0.4) is 0 Å². The highest BCUT2D eigenvalue weighted by Crippen LogP contribution is 2.34. The first-order chi connectivity index (χ1) is 11.7. The number of anilines is 1. The second-order valence-electron chi connectivity index (χ2n) is 5.54. The minimum Gasteiger partial charge on any atom is -0.315 e. The average Bonchev–Trinajstić information content (AvgIpc) is 3.25. The maximum atomic E-state index is 12.7. The zero-order valence-corrected chi connectivity index (χ0v) is 14.2. The Balaban J connectivity index is 1.63. The van der Waals surface area contributed by atoms with Crippen LogP contribution in [0.2, 0.25) is 0 Å². The molecule has 0 bridgehead atoms. The van der Waals surface area contributed by atoms with Crippen molar-refractivity contribution in [2.45, 2.75) is 25.8 Å². The lowest BCUT2D eigenvalue weighted by atomic mass is 10.2. The molecule has 6 nitrogen and oxygen atoms in total. The SMILES string of the molecule is N#Cc1ccsc1NC(=O)Cn1cnc2sc3c(c2c1=O)CCC3.